The minimum atomic E-state index is -0.229. The fraction of sp³-hybridized carbons (Fsp3) is 0.571. The maximum absolute atomic E-state index is 9.63. The maximum atomic E-state index is 9.63. The number of nitrogens with two attached hydrogens (primary N) is 1. The molecule has 2 unspecified atom stereocenters. The number of nitrogens with zero attached hydrogens (tertiary/aromatic N) is 1. The average Bonchev–Trinajstić information content (AvgIpc) is 2.72. The molecule has 2 atom stereocenters. The van der Waals surface area contributed by atoms with Gasteiger partial charge in [0.1, 0.15) is 0 Å². The van der Waals surface area contributed by atoms with Crippen molar-refractivity contribution in [1.29, 1.82) is 0 Å². The molecular formula is C14H22N2O. The van der Waals surface area contributed by atoms with Crippen LogP contribution in [-0.4, -0.2) is 24.3 Å². The van der Waals surface area contributed by atoms with Crippen LogP contribution in [0, 0.1) is 19.8 Å². The Labute approximate surface area is 103 Å². The van der Waals surface area contributed by atoms with Gasteiger partial charge < -0.3 is 15.7 Å². The number of nitrogen functional groups attached to an aromatic ring is 1. The van der Waals surface area contributed by atoms with E-state index in [2.05, 4.69) is 24.8 Å². The molecule has 17 heavy (non-hydrogen) atoms. The van der Waals surface area contributed by atoms with Crippen LogP contribution in [-0.2, 0) is 0 Å². The minimum absolute atomic E-state index is 0.229. The number of hydrogen-bond acceptors (Lipinski definition) is 3. The highest BCUT2D eigenvalue weighted by atomic mass is 16.3. The third-order valence-corrected chi connectivity index (χ3v) is 3.89. The molecule has 1 fully saturated rings. The smallest absolute Gasteiger partial charge is 0.0602 e. The highest BCUT2D eigenvalue weighted by Gasteiger charge is 2.27. The number of hydrogen-bond donors (Lipinski definition) is 2. The number of aliphatic hydroxyl groups is 1. The molecule has 0 amide bonds. The number of benzene rings is 1. The lowest BCUT2D eigenvalue weighted by Crippen LogP contribution is -2.24. The van der Waals surface area contributed by atoms with Gasteiger partial charge in [-0.1, -0.05) is 0 Å². The Hall–Kier alpha value is -1.22. The summed E-state index contributed by atoms with van der Waals surface area (Å²) >= 11 is 0. The standard InChI is InChI=1S/C14H22N2O/c1-9-6-13(15)14(7-10(9)2)16-5-4-12(8-16)11(3)17/h6-7,11-12,17H,4-5,8,15H2,1-3H3. The monoisotopic (exact) mass is 234 g/mol. The van der Waals surface area contributed by atoms with Gasteiger partial charge in [0.25, 0.3) is 0 Å². The van der Waals surface area contributed by atoms with E-state index in [1.54, 1.807) is 0 Å². The van der Waals surface area contributed by atoms with E-state index in [-0.39, 0.29) is 6.10 Å². The van der Waals surface area contributed by atoms with Crippen LogP contribution in [0.3, 0.4) is 0 Å². The predicted molar refractivity (Wildman–Crippen MR) is 72.3 cm³/mol. The predicted octanol–water partition coefficient (Wildman–Crippen LogP) is 2.09. The van der Waals surface area contributed by atoms with Gasteiger partial charge in [0.05, 0.1) is 17.5 Å². The quantitative estimate of drug-likeness (QED) is 0.770. The van der Waals surface area contributed by atoms with E-state index in [0.29, 0.717) is 5.92 Å². The summed E-state index contributed by atoms with van der Waals surface area (Å²) < 4.78 is 0. The van der Waals surface area contributed by atoms with Gasteiger partial charge in [-0.15, -0.1) is 0 Å². The summed E-state index contributed by atoms with van der Waals surface area (Å²) in [5.41, 5.74) is 10.6. The molecule has 0 spiro atoms. The summed E-state index contributed by atoms with van der Waals surface area (Å²) in [6.07, 6.45) is 0.817. The first-order valence-corrected chi connectivity index (χ1v) is 6.28. The van der Waals surface area contributed by atoms with Crippen LogP contribution in [0.1, 0.15) is 24.5 Å². The molecule has 3 nitrogen and oxygen atoms in total. The lowest BCUT2D eigenvalue weighted by Gasteiger charge is -2.22. The SMILES string of the molecule is Cc1cc(N)c(N2CCC(C(C)O)C2)cc1C. The second kappa shape index (κ2) is 4.57. The third kappa shape index (κ3) is 2.39. The summed E-state index contributed by atoms with van der Waals surface area (Å²) in [5, 5.41) is 9.63. The molecular weight excluding hydrogens is 212 g/mol. The molecule has 0 bridgehead atoms. The van der Waals surface area contributed by atoms with E-state index < -0.39 is 0 Å². The van der Waals surface area contributed by atoms with E-state index >= 15 is 0 Å². The zero-order valence-electron chi connectivity index (χ0n) is 10.9. The van der Waals surface area contributed by atoms with Gasteiger partial charge in [-0.2, -0.15) is 0 Å². The van der Waals surface area contributed by atoms with Crippen LogP contribution >= 0.6 is 0 Å². The van der Waals surface area contributed by atoms with Crippen molar-refractivity contribution >= 4 is 11.4 Å². The van der Waals surface area contributed by atoms with Crippen molar-refractivity contribution in [2.75, 3.05) is 23.7 Å². The molecule has 0 radical (unpaired) electrons. The van der Waals surface area contributed by atoms with Gasteiger partial charge in [0.2, 0.25) is 0 Å². The average molecular weight is 234 g/mol. The molecule has 0 aliphatic carbocycles. The summed E-state index contributed by atoms with van der Waals surface area (Å²) in [6.45, 7) is 7.96. The summed E-state index contributed by atoms with van der Waals surface area (Å²) in [4.78, 5) is 2.29. The number of anilines is 2. The van der Waals surface area contributed by atoms with Gasteiger partial charge in [-0.3, -0.25) is 0 Å². The Bertz CT molecular complexity index is 415. The second-order valence-corrected chi connectivity index (χ2v) is 5.23. The Kier molecular flexibility index (Phi) is 3.29. The van der Waals surface area contributed by atoms with Crippen molar-refractivity contribution in [2.24, 2.45) is 5.92 Å². The Morgan fingerprint density at radius 1 is 1.35 bits per heavy atom. The normalized spacial score (nSPS) is 21.9. The van der Waals surface area contributed by atoms with E-state index in [9.17, 15) is 5.11 Å². The van der Waals surface area contributed by atoms with Crippen molar-refractivity contribution in [3.63, 3.8) is 0 Å². The third-order valence-electron chi connectivity index (χ3n) is 3.89. The molecule has 0 saturated carbocycles. The Morgan fingerprint density at radius 3 is 2.59 bits per heavy atom. The van der Waals surface area contributed by atoms with Crippen LogP contribution in [0.5, 0.6) is 0 Å². The van der Waals surface area contributed by atoms with Crippen molar-refractivity contribution in [2.45, 2.75) is 33.3 Å². The highest BCUT2D eigenvalue weighted by molar-refractivity contribution is 5.70. The number of aryl methyl sites for hydroxylation is 2. The molecule has 1 aromatic carbocycles. The summed E-state index contributed by atoms with van der Waals surface area (Å²) in [5.74, 6) is 0.371. The molecule has 1 saturated heterocycles. The first-order chi connectivity index (χ1) is 7.99. The van der Waals surface area contributed by atoms with E-state index in [1.165, 1.54) is 11.1 Å². The highest BCUT2D eigenvalue weighted by Crippen LogP contribution is 2.32. The van der Waals surface area contributed by atoms with Crippen molar-refractivity contribution in [1.82, 2.24) is 0 Å². The number of aliphatic hydroxyl groups excluding tert-OH is 1. The minimum Gasteiger partial charge on any atom is -0.397 e. The maximum Gasteiger partial charge on any atom is 0.0602 e. The van der Waals surface area contributed by atoms with Crippen LogP contribution in [0.25, 0.3) is 0 Å². The molecule has 94 valence electrons. The van der Waals surface area contributed by atoms with Crippen molar-refractivity contribution < 1.29 is 5.11 Å². The van der Waals surface area contributed by atoms with Crippen molar-refractivity contribution in [3.8, 4) is 0 Å². The number of rotatable bonds is 2. The molecule has 1 heterocycles. The molecule has 1 aliphatic rings. The van der Waals surface area contributed by atoms with Gasteiger partial charge >= 0.3 is 0 Å². The molecule has 1 aromatic rings. The summed E-state index contributed by atoms with van der Waals surface area (Å²) in [6, 6.07) is 4.20. The molecule has 1 aliphatic heterocycles. The van der Waals surface area contributed by atoms with E-state index in [1.807, 2.05) is 13.0 Å². The van der Waals surface area contributed by atoms with Gasteiger partial charge in [-0.05, 0) is 50.5 Å². The van der Waals surface area contributed by atoms with E-state index in [0.717, 1.165) is 30.9 Å². The second-order valence-electron chi connectivity index (χ2n) is 5.23. The lowest BCUT2D eigenvalue weighted by molar-refractivity contribution is 0.136. The van der Waals surface area contributed by atoms with Crippen LogP contribution in [0.4, 0.5) is 11.4 Å². The Balaban J connectivity index is 2.22. The zero-order valence-corrected chi connectivity index (χ0v) is 10.9. The lowest BCUT2D eigenvalue weighted by atomic mass is 10.0. The van der Waals surface area contributed by atoms with Crippen LogP contribution in [0.2, 0.25) is 0 Å². The molecule has 2 rings (SSSR count). The largest absolute Gasteiger partial charge is 0.397 e. The van der Waals surface area contributed by atoms with Gasteiger partial charge in [0.15, 0.2) is 0 Å². The van der Waals surface area contributed by atoms with Gasteiger partial charge in [-0.25, -0.2) is 0 Å². The first kappa shape index (κ1) is 12.2. The molecule has 3 heteroatoms. The fourth-order valence-electron chi connectivity index (χ4n) is 2.50. The summed E-state index contributed by atoms with van der Waals surface area (Å²) in [7, 11) is 0. The van der Waals surface area contributed by atoms with Gasteiger partial charge in [0, 0.05) is 19.0 Å². The molecule has 3 N–H and O–H groups in total. The molecule has 0 aromatic heterocycles. The topological polar surface area (TPSA) is 49.5 Å². The van der Waals surface area contributed by atoms with Crippen molar-refractivity contribution in [3.05, 3.63) is 23.3 Å². The Morgan fingerprint density at radius 2 is 2.00 bits per heavy atom. The van der Waals surface area contributed by atoms with E-state index in [4.69, 9.17) is 5.73 Å². The first-order valence-electron chi connectivity index (χ1n) is 6.28. The fourth-order valence-corrected chi connectivity index (χ4v) is 2.50. The zero-order chi connectivity index (χ0) is 12.6. The van der Waals surface area contributed by atoms with Crippen LogP contribution < -0.4 is 10.6 Å². The van der Waals surface area contributed by atoms with Crippen LogP contribution in [0.15, 0.2) is 12.1 Å².